The van der Waals surface area contributed by atoms with Crippen molar-refractivity contribution in [1.29, 1.82) is 0 Å². The van der Waals surface area contributed by atoms with E-state index in [9.17, 15) is 14.0 Å². The van der Waals surface area contributed by atoms with E-state index in [0.717, 1.165) is 24.2 Å². The second-order valence-electron chi connectivity index (χ2n) is 9.33. The number of nitrogens with one attached hydrogen (secondary N) is 1. The minimum Gasteiger partial charge on any atom is -0.497 e. The molecule has 1 atom stereocenters. The van der Waals surface area contributed by atoms with Gasteiger partial charge in [-0.25, -0.2) is 14.2 Å². The van der Waals surface area contributed by atoms with Crippen LogP contribution in [0.5, 0.6) is 11.5 Å². The van der Waals surface area contributed by atoms with Crippen molar-refractivity contribution in [2.24, 2.45) is 5.10 Å². The molecule has 210 valence electrons. The van der Waals surface area contributed by atoms with E-state index < -0.39 is 6.04 Å². The predicted molar refractivity (Wildman–Crippen MR) is 145 cm³/mol. The molecule has 0 unspecified atom stereocenters. The van der Waals surface area contributed by atoms with Gasteiger partial charge in [0, 0.05) is 50.8 Å². The number of rotatable bonds is 10. The van der Waals surface area contributed by atoms with E-state index in [-0.39, 0.29) is 24.3 Å². The van der Waals surface area contributed by atoms with Gasteiger partial charge >= 0.3 is 6.03 Å². The van der Waals surface area contributed by atoms with Crippen molar-refractivity contribution in [1.82, 2.24) is 20.1 Å². The van der Waals surface area contributed by atoms with Crippen LogP contribution in [-0.2, 0) is 9.53 Å². The van der Waals surface area contributed by atoms with Gasteiger partial charge in [-0.1, -0.05) is 12.1 Å². The highest BCUT2D eigenvalue weighted by molar-refractivity contribution is 6.05. The Bertz CT molecular complexity index is 1170. The Balaban J connectivity index is 1.59. The number of morpholine rings is 1. The molecule has 2 heterocycles. The first-order valence-electron chi connectivity index (χ1n) is 13.1. The van der Waals surface area contributed by atoms with Gasteiger partial charge in [0.1, 0.15) is 23.9 Å². The fourth-order valence-electron chi connectivity index (χ4n) is 4.72. The van der Waals surface area contributed by atoms with E-state index in [1.807, 2.05) is 13.0 Å². The molecule has 0 radical (unpaired) electrons. The Morgan fingerprint density at radius 2 is 1.87 bits per heavy atom. The van der Waals surface area contributed by atoms with E-state index in [0.29, 0.717) is 56.5 Å². The molecule has 2 aliphatic rings. The average molecular weight is 542 g/mol. The number of carbonyl (C=O) groups is 2. The van der Waals surface area contributed by atoms with Crippen LogP contribution in [0, 0.1) is 5.82 Å². The number of halogens is 1. The van der Waals surface area contributed by atoms with E-state index in [1.165, 1.54) is 22.0 Å². The number of urea groups is 1. The Hall–Kier alpha value is -3.70. The van der Waals surface area contributed by atoms with Gasteiger partial charge < -0.3 is 24.4 Å². The maximum Gasteiger partial charge on any atom is 0.317 e. The fourth-order valence-corrected chi connectivity index (χ4v) is 4.72. The van der Waals surface area contributed by atoms with Crippen molar-refractivity contribution in [3.63, 3.8) is 0 Å². The lowest BCUT2D eigenvalue weighted by Gasteiger charge is -2.31. The van der Waals surface area contributed by atoms with Crippen LogP contribution < -0.4 is 14.8 Å². The molecule has 0 spiro atoms. The third kappa shape index (κ3) is 7.04. The summed E-state index contributed by atoms with van der Waals surface area (Å²) in [4.78, 5) is 30.3. The van der Waals surface area contributed by atoms with Crippen LogP contribution >= 0.6 is 0 Å². The van der Waals surface area contributed by atoms with Crippen LogP contribution in [0.3, 0.4) is 0 Å². The zero-order valence-electron chi connectivity index (χ0n) is 22.7. The lowest BCUT2D eigenvalue weighted by Crippen LogP contribution is -2.49. The van der Waals surface area contributed by atoms with Gasteiger partial charge in [0.15, 0.2) is 0 Å². The largest absolute Gasteiger partial charge is 0.497 e. The highest BCUT2D eigenvalue weighted by Crippen LogP contribution is 2.36. The van der Waals surface area contributed by atoms with Crippen LogP contribution in [0.15, 0.2) is 47.6 Å². The first kappa shape index (κ1) is 28.3. The molecule has 0 saturated carbocycles. The second-order valence-corrected chi connectivity index (χ2v) is 9.33. The zero-order chi connectivity index (χ0) is 27.8. The third-order valence-electron chi connectivity index (χ3n) is 6.87. The summed E-state index contributed by atoms with van der Waals surface area (Å²) in [5.41, 5.74) is 2.12. The van der Waals surface area contributed by atoms with E-state index in [4.69, 9.17) is 19.3 Å². The number of nitrogens with zero attached hydrogens (tertiary/aromatic N) is 4. The molecule has 2 aromatic rings. The van der Waals surface area contributed by atoms with Gasteiger partial charge in [-0.3, -0.25) is 9.69 Å². The maximum absolute atomic E-state index is 13.7. The summed E-state index contributed by atoms with van der Waals surface area (Å²) in [6.45, 7) is 6.03. The first-order valence-corrected chi connectivity index (χ1v) is 13.1. The lowest BCUT2D eigenvalue weighted by atomic mass is 9.97. The van der Waals surface area contributed by atoms with E-state index >= 15 is 0 Å². The van der Waals surface area contributed by atoms with Gasteiger partial charge in [0.25, 0.3) is 5.91 Å². The molecule has 11 heteroatoms. The standard InChI is InChI=1S/C28H36FN5O5/c1-4-30-28(36)33(12-11-32-13-15-39-16-14-32)19-27(35)34-25(20-5-7-21(29)8-6-20)18-24(31-34)23-10-9-22(37-2)17-26(23)38-3/h5-10,17,25H,4,11-16,18-19H2,1-3H3,(H,30,36)/t25-/m0/s1. The molecule has 0 aromatic heterocycles. The number of hydrazone groups is 1. The summed E-state index contributed by atoms with van der Waals surface area (Å²) >= 11 is 0. The number of amides is 3. The predicted octanol–water partition coefficient (Wildman–Crippen LogP) is 2.88. The van der Waals surface area contributed by atoms with E-state index in [2.05, 4.69) is 10.2 Å². The summed E-state index contributed by atoms with van der Waals surface area (Å²) in [5.74, 6) is 0.503. The monoisotopic (exact) mass is 541 g/mol. The molecule has 39 heavy (non-hydrogen) atoms. The summed E-state index contributed by atoms with van der Waals surface area (Å²) in [5, 5.41) is 8.93. The van der Waals surface area contributed by atoms with Crippen molar-refractivity contribution in [2.45, 2.75) is 19.4 Å². The number of benzene rings is 2. The van der Waals surface area contributed by atoms with Crippen LogP contribution in [0.1, 0.15) is 30.5 Å². The molecule has 2 aliphatic heterocycles. The van der Waals surface area contributed by atoms with Crippen molar-refractivity contribution in [2.75, 3.05) is 66.7 Å². The van der Waals surface area contributed by atoms with Crippen molar-refractivity contribution in [3.8, 4) is 11.5 Å². The molecule has 2 aromatic carbocycles. The van der Waals surface area contributed by atoms with Crippen LogP contribution in [0.2, 0.25) is 0 Å². The molecule has 0 bridgehead atoms. The Morgan fingerprint density at radius 1 is 1.13 bits per heavy atom. The number of hydrogen-bond acceptors (Lipinski definition) is 7. The smallest absolute Gasteiger partial charge is 0.317 e. The minimum absolute atomic E-state index is 0.148. The topological polar surface area (TPSA) is 95.9 Å². The highest BCUT2D eigenvalue weighted by Gasteiger charge is 2.35. The quantitative estimate of drug-likeness (QED) is 0.497. The van der Waals surface area contributed by atoms with Gasteiger partial charge in [0.05, 0.1) is 39.2 Å². The van der Waals surface area contributed by atoms with Gasteiger partial charge in [0.2, 0.25) is 0 Å². The zero-order valence-corrected chi connectivity index (χ0v) is 22.7. The molecule has 4 rings (SSSR count). The molecule has 0 aliphatic carbocycles. The van der Waals surface area contributed by atoms with Gasteiger partial charge in [-0.15, -0.1) is 0 Å². The number of hydrogen-bond donors (Lipinski definition) is 1. The SMILES string of the molecule is CCNC(=O)N(CCN1CCOCC1)CC(=O)N1N=C(c2ccc(OC)cc2OC)C[C@H]1c1ccc(F)cc1. The Morgan fingerprint density at radius 3 is 2.54 bits per heavy atom. The average Bonchev–Trinajstić information content (AvgIpc) is 3.41. The summed E-state index contributed by atoms with van der Waals surface area (Å²) in [6.07, 6.45) is 0.398. The number of methoxy groups -OCH3 is 2. The second kappa shape index (κ2) is 13.4. The van der Waals surface area contributed by atoms with Gasteiger partial charge in [-0.2, -0.15) is 5.10 Å². The molecule has 1 saturated heterocycles. The third-order valence-corrected chi connectivity index (χ3v) is 6.87. The maximum atomic E-state index is 13.7. The number of carbonyl (C=O) groups excluding carboxylic acids is 2. The van der Waals surface area contributed by atoms with E-state index in [1.54, 1.807) is 38.5 Å². The van der Waals surface area contributed by atoms with Crippen molar-refractivity contribution in [3.05, 3.63) is 59.4 Å². The first-order chi connectivity index (χ1) is 18.9. The molecular weight excluding hydrogens is 505 g/mol. The minimum atomic E-state index is -0.463. The summed E-state index contributed by atoms with van der Waals surface area (Å²) < 4.78 is 30.0. The van der Waals surface area contributed by atoms with Crippen LogP contribution in [-0.4, -0.2) is 99.2 Å². The Labute approximate surface area is 228 Å². The molecule has 1 N–H and O–H groups in total. The van der Waals surface area contributed by atoms with Crippen molar-refractivity contribution < 1.29 is 28.2 Å². The fraction of sp³-hybridized carbons (Fsp3) is 0.464. The van der Waals surface area contributed by atoms with Gasteiger partial charge in [-0.05, 0) is 36.8 Å². The van der Waals surface area contributed by atoms with Crippen LogP contribution in [0.4, 0.5) is 9.18 Å². The van der Waals surface area contributed by atoms with Crippen LogP contribution in [0.25, 0.3) is 0 Å². The molecule has 1 fully saturated rings. The normalized spacial score (nSPS) is 17.5. The van der Waals surface area contributed by atoms with Crippen molar-refractivity contribution >= 4 is 17.6 Å². The molecular formula is C28H36FN5O5. The summed E-state index contributed by atoms with van der Waals surface area (Å²) in [6, 6.07) is 10.7. The highest BCUT2D eigenvalue weighted by atomic mass is 19.1. The molecule has 10 nitrogen and oxygen atoms in total. The molecule has 3 amide bonds. The summed E-state index contributed by atoms with van der Waals surface area (Å²) in [7, 11) is 3.14. The lowest BCUT2D eigenvalue weighted by molar-refractivity contribution is -0.133. The number of ether oxygens (including phenoxy) is 3. The Kier molecular flexibility index (Phi) is 9.72.